The van der Waals surface area contributed by atoms with Gasteiger partial charge in [-0.2, -0.15) is 9.55 Å². The molecule has 0 bridgehead atoms. The Morgan fingerprint density at radius 3 is 3.09 bits per heavy atom. The van der Waals surface area contributed by atoms with Crippen LogP contribution in [-0.4, -0.2) is 38.3 Å². The van der Waals surface area contributed by atoms with E-state index in [1.54, 1.807) is 17.9 Å². The standard InChI is InChI=1S/C12H16N6O4/c1-17-4-18(9-7(17)10(21)16-12(14)15-9)11-8(20)5(3-22-11)2-6(13)19/h4-5,8,11,20H,2-3H2,1H3,(H4-,13,14,15,16,19,21)/p+1/t5-,8-,11?/m1/s1. The van der Waals surface area contributed by atoms with Gasteiger partial charge in [-0.15, -0.1) is 0 Å². The number of H-pyrrole nitrogens is 1. The maximum atomic E-state index is 12.0. The van der Waals surface area contributed by atoms with Gasteiger partial charge < -0.3 is 21.3 Å². The first-order valence-electron chi connectivity index (χ1n) is 6.72. The number of anilines is 1. The number of aliphatic hydroxyl groups is 1. The second kappa shape index (κ2) is 5.07. The van der Waals surface area contributed by atoms with Gasteiger partial charge >= 0.3 is 5.56 Å². The molecular weight excluding hydrogens is 292 g/mol. The average molecular weight is 309 g/mol. The molecule has 0 aliphatic carbocycles. The first-order valence-corrected chi connectivity index (χ1v) is 6.72. The van der Waals surface area contributed by atoms with Gasteiger partial charge in [0.1, 0.15) is 6.10 Å². The van der Waals surface area contributed by atoms with Gasteiger partial charge in [0, 0.05) is 12.3 Å². The van der Waals surface area contributed by atoms with E-state index in [2.05, 4.69) is 9.97 Å². The Hall–Kier alpha value is -2.46. The number of nitrogens with two attached hydrogens (primary N) is 2. The van der Waals surface area contributed by atoms with Crippen LogP contribution in [0.1, 0.15) is 12.6 Å². The lowest BCUT2D eigenvalue weighted by Gasteiger charge is -2.13. The molecule has 1 amide bonds. The van der Waals surface area contributed by atoms with E-state index in [1.807, 2.05) is 0 Å². The fourth-order valence-corrected chi connectivity index (χ4v) is 2.79. The Kier molecular flexibility index (Phi) is 3.34. The lowest BCUT2D eigenvalue weighted by atomic mass is 10.0. The second-order valence-electron chi connectivity index (χ2n) is 5.40. The summed E-state index contributed by atoms with van der Waals surface area (Å²) in [5.41, 5.74) is 11.0. The van der Waals surface area contributed by atoms with Crippen molar-refractivity contribution in [1.29, 1.82) is 0 Å². The van der Waals surface area contributed by atoms with E-state index in [9.17, 15) is 14.7 Å². The molecule has 1 saturated heterocycles. The van der Waals surface area contributed by atoms with E-state index in [-0.39, 0.29) is 24.5 Å². The van der Waals surface area contributed by atoms with Gasteiger partial charge in [0.15, 0.2) is 0 Å². The first kappa shape index (κ1) is 14.5. The molecule has 0 saturated carbocycles. The van der Waals surface area contributed by atoms with Crippen LogP contribution in [0, 0.1) is 5.92 Å². The molecule has 1 unspecified atom stereocenters. The minimum absolute atomic E-state index is 0.0269. The van der Waals surface area contributed by atoms with Crippen LogP contribution >= 0.6 is 0 Å². The highest BCUT2D eigenvalue weighted by molar-refractivity contribution is 5.74. The molecule has 3 rings (SSSR count). The predicted molar refractivity (Wildman–Crippen MR) is 74.2 cm³/mol. The van der Waals surface area contributed by atoms with E-state index in [1.165, 1.54) is 4.57 Å². The predicted octanol–water partition coefficient (Wildman–Crippen LogP) is -2.49. The van der Waals surface area contributed by atoms with Gasteiger partial charge in [-0.1, -0.05) is 0 Å². The van der Waals surface area contributed by atoms with Crippen molar-refractivity contribution in [3.05, 3.63) is 16.7 Å². The van der Waals surface area contributed by atoms with E-state index >= 15 is 0 Å². The van der Waals surface area contributed by atoms with Crippen molar-refractivity contribution in [2.75, 3.05) is 12.3 Å². The summed E-state index contributed by atoms with van der Waals surface area (Å²) in [5, 5.41) is 10.4. The second-order valence-corrected chi connectivity index (χ2v) is 5.40. The smallest absolute Gasteiger partial charge is 0.304 e. The summed E-state index contributed by atoms with van der Waals surface area (Å²) in [5.74, 6) is -0.932. The number of nitrogens with zero attached hydrogens (tertiary/aromatic N) is 3. The minimum atomic E-state index is -0.939. The zero-order valence-electron chi connectivity index (χ0n) is 11.9. The van der Waals surface area contributed by atoms with Gasteiger partial charge in [-0.05, 0) is 0 Å². The Morgan fingerprint density at radius 2 is 2.41 bits per heavy atom. The molecule has 1 aliphatic heterocycles. The van der Waals surface area contributed by atoms with E-state index in [0.717, 1.165) is 0 Å². The number of nitrogens with one attached hydrogen (secondary N) is 1. The highest BCUT2D eigenvalue weighted by atomic mass is 16.5. The van der Waals surface area contributed by atoms with Crippen molar-refractivity contribution >= 4 is 23.0 Å². The Balaban J connectivity index is 2.04. The number of aromatic nitrogens is 4. The summed E-state index contributed by atoms with van der Waals surface area (Å²) in [7, 11) is 1.67. The topological polar surface area (TPSA) is 153 Å². The molecule has 6 N–H and O–H groups in total. The Bertz CT molecular complexity index is 797. The Labute approximate surface area is 124 Å². The zero-order chi connectivity index (χ0) is 16.0. The molecule has 3 heterocycles. The number of nitrogen functional groups attached to an aromatic ring is 1. The molecule has 0 aromatic carbocycles. The normalized spacial score (nSPS) is 24.9. The van der Waals surface area contributed by atoms with Gasteiger partial charge in [0.05, 0.1) is 13.7 Å². The largest absolute Gasteiger partial charge is 0.386 e. The quantitative estimate of drug-likeness (QED) is 0.460. The summed E-state index contributed by atoms with van der Waals surface area (Å²) in [6.45, 7) is 0.191. The van der Waals surface area contributed by atoms with Crippen LogP contribution < -0.4 is 21.6 Å². The van der Waals surface area contributed by atoms with E-state index in [4.69, 9.17) is 16.2 Å². The Morgan fingerprint density at radius 1 is 1.68 bits per heavy atom. The van der Waals surface area contributed by atoms with Crippen LogP contribution in [0.5, 0.6) is 0 Å². The maximum Gasteiger partial charge on any atom is 0.304 e. The van der Waals surface area contributed by atoms with Crippen molar-refractivity contribution in [2.24, 2.45) is 18.7 Å². The molecule has 3 atom stereocenters. The SMILES string of the molecule is C[n+]1cn(C2OC[C@@H](CC(N)=O)[C@H]2O)c2nc(N)[nH]c(=O)c21. The summed E-state index contributed by atoms with van der Waals surface area (Å²) in [6.07, 6.45) is -0.0846. The van der Waals surface area contributed by atoms with Crippen LogP contribution in [0.25, 0.3) is 11.2 Å². The van der Waals surface area contributed by atoms with E-state index in [0.29, 0.717) is 11.2 Å². The fraction of sp³-hybridized carbons (Fsp3) is 0.500. The molecule has 10 heteroatoms. The molecule has 1 fully saturated rings. The summed E-state index contributed by atoms with van der Waals surface area (Å²) < 4.78 is 8.67. The third-order valence-electron chi connectivity index (χ3n) is 3.78. The van der Waals surface area contributed by atoms with Crippen molar-refractivity contribution < 1.29 is 19.2 Å². The first-order chi connectivity index (χ1) is 10.4. The van der Waals surface area contributed by atoms with Crippen LogP contribution in [-0.2, 0) is 16.6 Å². The average Bonchev–Trinajstić information content (AvgIpc) is 2.91. The molecule has 2 aromatic rings. The number of amides is 1. The molecular formula is C12H17N6O4+. The lowest BCUT2D eigenvalue weighted by Crippen LogP contribution is -2.32. The highest BCUT2D eigenvalue weighted by Crippen LogP contribution is 2.31. The number of carbonyl (C=O) groups is 1. The third kappa shape index (κ3) is 2.22. The number of ether oxygens (including phenoxy) is 1. The van der Waals surface area contributed by atoms with Crippen molar-refractivity contribution in [2.45, 2.75) is 18.8 Å². The number of hydrogen-bond acceptors (Lipinski definition) is 6. The summed E-state index contributed by atoms with van der Waals surface area (Å²) >= 11 is 0. The van der Waals surface area contributed by atoms with Crippen LogP contribution in [0.4, 0.5) is 5.95 Å². The number of imidazole rings is 1. The van der Waals surface area contributed by atoms with Crippen molar-refractivity contribution in [3.63, 3.8) is 0 Å². The number of fused-ring (bicyclic) bond motifs is 1. The molecule has 22 heavy (non-hydrogen) atoms. The number of aryl methyl sites for hydroxylation is 1. The minimum Gasteiger partial charge on any atom is -0.386 e. The van der Waals surface area contributed by atoms with Crippen LogP contribution in [0.2, 0.25) is 0 Å². The highest BCUT2D eigenvalue weighted by Gasteiger charge is 2.42. The van der Waals surface area contributed by atoms with Crippen LogP contribution in [0.3, 0.4) is 0 Å². The van der Waals surface area contributed by atoms with Crippen LogP contribution in [0.15, 0.2) is 11.1 Å². The molecule has 10 nitrogen and oxygen atoms in total. The number of primary amides is 1. The van der Waals surface area contributed by atoms with Gasteiger partial charge in [0.25, 0.3) is 11.2 Å². The molecule has 0 radical (unpaired) electrons. The molecule has 0 spiro atoms. The van der Waals surface area contributed by atoms with Crippen molar-refractivity contribution in [3.8, 4) is 0 Å². The molecule has 118 valence electrons. The maximum absolute atomic E-state index is 12.0. The molecule has 2 aromatic heterocycles. The number of aromatic amines is 1. The number of carbonyl (C=O) groups excluding carboxylic acids is 1. The summed E-state index contributed by atoms with van der Waals surface area (Å²) in [6, 6.07) is 0. The zero-order valence-corrected chi connectivity index (χ0v) is 11.9. The van der Waals surface area contributed by atoms with Gasteiger partial charge in [0.2, 0.25) is 24.4 Å². The third-order valence-corrected chi connectivity index (χ3v) is 3.78. The molecule has 1 aliphatic rings. The monoisotopic (exact) mass is 309 g/mol. The summed E-state index contributed by atoms with van der Waals surface area (Å²) in [4.78, 5) is 29.5. The number of aliphatic hydroxyl groups excluding tert-OH is 1. The number of hydrogen-bond donors (Lipinski definition) is 4. The fourth-order valence-electron chi connectivity index (χ4n) is 2.79. The van der Waals surface area contributed by atoms with Gasteiger partial charge in [-0.25, -0.2) is 4.57 Å². The van der Waals surface area contributed by atoms with Gasteiger partial charge in [-0.3, -0.25) is 14.6 Å². The van der Waals surface area contributed by atoms with Crippen molar-refractivity contribution in [1.82, 2.24) is 14.5 Å². The lowest BCUT2D eigenvalue weighted by molar-refractivity contribution is -0.646. The number of rotatable bonds is 3. The van der Waals surface area contributed by atoms with E-state index < -0.39 is 24.2 Å².